The second-order valence-electron chi connectivity index (χ2n) is 5.40. The predicted molar refractivity (Wildman–Crippen MR) is 57.4 cm³/mol. The van der Waals surface area contributed by atoms with E-state index in [1.165, 1.54) is 0 Å². The van der Waals surface area contributed by atoms with Gasteiger partial charge in [-0.25, -0.2) is 0 Å². The van der Waals surface area contributed by atoms with Crippen LogP contribution in [0, 0.1) is 11.8 Å². The van der Waals surface area contributed by atoms with E-state index in [4.69, 9.17) is 4.74 Å². The predicted octanol–water partition coefficient (Wildman–Crippen LogP) is 2.33. The van der Waals surface area contributed by atoms with Crippen molar-refractivity contribution in [3.63, 3.8) is 0 Å². The van der Waals surface area contributed by atoms with Crippen LogP contribution in [0.15, 0.2) is 0 Å². The number of hydrogen-bond donors (Lipinski definition) is 0. The van der Waals surface area contributed by atoms with Crippen LogP contribution < -0.4 is 0 Å². The molecule has 0 heterocycles. The summed E-state index contributed by atoms with van der Waals surface area (Å²) < 4.78 is 5.33. The van der Waals surface area contributed by atoms with Crippen LogP contribution in [-0.2, 0) is 14.3 Å². The summed E-state index contributed by atoms with van der Waals surface area (Å²) in [4.78, 5) is 23.0. The summed E-state index contributed by atoms with van der Waals surface area (Å²) in [6, 6.07) is 0. The van der Waals surface area contributed by atoms with Gasteiger partial charge in [-0.05, 0) is 33.1 Å². The van der Waals surface area contributed by atoms with Crippen molar-refractivity contribution in [1.29, 1.82) is 0 Å². The molecular formula is C12H20O3. The normalized spacial score (nSPS) is 27.6. The van der Waals surface area contributed by atoms with Gasteiger partial charge >= 0.3 is 5.97 Å². The highest BCUT2D eigenvalue weighted by Crippen LogP contribution is 2.29. The van der Waals surface area contributed by atoms with Crippen LogP contribution in [0.4, 0.5) is 0 Å². The van der Waals surface area contributed by atoms with Crippen LogP contribution in [0.5, 0.6) is 0 Å². The molecule has 1 saturated carbocycles. The van der Waals surface area contributed by atoms with E-state index in [0.717, 1.165) is 0 Å². The molecule has 0 aliphatic heterocycles. The lowest BCUT2D eigenvalue weighted by Crippen LogP contribution is -2.35. The van der Waals surface area contributed by atoms with E-state index in [9.17, 15) is 9.59 Å². The molecule has 0 aromatic carbocycles. The fourth-order valence-electron chi connectivity index (χ4n) is 1.93. The monoisotopic (exact) mass is 212 g/mol. The second-order valence-corrected chi connectivity index (χ2v) is 5.40. The summed E-state index contributed by atoms with van der Waals surface area (Å²) in [6.45, 7) is 7.54. The minimum Gasteiger partial charge on any atom is -0.460 e. The highest BCUT2D eigenvalue weighted by molar-refractivity contribution is 5.83. The van der Waals surface area contributed by atoms with E-state index < -0.39 is 5.60 Å². The van der Waals surface area contributed by atoms with Gasteiger partial charge in [0, 0.05) is 12.8 Å². The van der Waals surface area contributed by atoms with Crippen molar-refractivity contribution in [1.82, 2.24) is 0 Å². The van der Waals surface area contributed by atoms with Crippen molar-refractivity contribution in [2.45, 2.75) is 52.6 Å². The maximum absolute atomic E-state index is 11.8. The Morgan fingerprint density at radius 2 is 2.00 bits per heavy atom. The third kappa shape index (κ3) is 3.65. The lowest BCUT2D eigenvalue weighted by atomic mass is 9.80. The van der Waals surface area contributed by atoms with Crippen molar-refractivity contribution in [2.24, 2.45) is 11.8 Å². The molecule has 0 aromatic heterocycles. The van der Waals surface area contributed by atoms with Crippen LogP contribution in [-0.4, -0.2) is 17.4 Å². The van der Waals surface area contributed by atoms with Gasteiger partial charge in [0.05, 0.1) is 5.92 Å². The van der Waals surface area contributed by atoms with Gasteiger partial charge in [0.25, 0.3) is 0 Å². The van der Waals surface area contributed by atoms with Gasteiger partial charge in [-0.3, -0.25) is 9.59 Å². The van der Waals surface area contributed by atoms with Crippen molar-refractivity contribution in [2.75, 3.05) is 0 Å². The van der Waals surface area contributed by atoms with Crippen molar-refractivity contribution in [3.05, 3.63) is 0 Å². The van der Waals surface area contributed by atoms with E-state index in [1.807, 2.05) is 27.7 Å². The van der Waals surface area contributed by atoms with E-state index in [0.29, 0.717) is 19.3 Å². The molecule has 0 spiro atoms. The first-order chi connectivity index (χ1) is 6.79. The number of ketones is 1. The smallest absolute Gasteiger partial charge is 0.309 e. The van der Waals surface area contributed by atoms with Gasteiger partial charge in [0.1, 0.15) is 11.4 Å². The molecule has 1 aliphatic carbocycles. The fourth-order valence-corrected chi connectivity index (χ4v) is 1.93. The van der Waals surface area contributed by atoms with Crippen molar-refractivity contribution in [3.8, 4) is 0 Å². The third-order valence-corrected chi connectivity index (χ3v) is 2.68. The minimum atomic E-state index is -0.432. The number of hydrogen-bond acceptors (Lipinski definition) is 3. The van der Waals surface area contributed by atoms with Crippen molar-refractivity contribution >= 4 is 11.8 Å². The van der Waals surface area contributed by atoms with Gasteiger partial charge in [0.15, 0.2) is 0 Å². The van der Waals surface area contributed by atoms with E-state index in [-0.39, 0.29) is 23.6 Å². The first kappa shape index (κ1) is 12.2. The lowest BCUT2D eigenvalue weighted by molar-refractivity contribution is -0.163. The van der Waals surface area contributed by atoms with Gasteiger partial charge < -0.3 is 4.74 Å². The average Bonchev–Trinajstić information content (AvgIpc) is 1.99. The Hall–Kier alpha value is -0.860. The molecule has 1 aliphatic rings. The van der Waals surface area contributed by atoms with Gasteiger partial charge in [0.2, 0.25) is 0 Å². The Morgan fingerprint density at radius 1 is 1.40 bits per heavy atom. The molecule has 2 atom stereocenters. The zero-order valence-electron chi connectivity index (χ0n) is 10.0. The molecule has 0 amide bonds. The van der Waals surface area contributed by atoms with E-state index >= 15 is 0 Å². The number of ether oxygens (including phenoxy) is 1. The summed E-state index contributed by atoms with van der Waals surface area (Å²) >= 11 is 0. The van der Waals surface area contributed by atoms with Crippen LogP contribution in [0.1, 0.15) is 47.0 Å². The Labute approximate surface area is 91.2 Å². The zero-order valence-corrected chi connectivity index (χ0v) is 10.0. The summed E-state index contributed by atoms with van der Waals surface area (Å²) in [5.74, 6) is 0.146. The van der Waals surface area contributed by atoms with Gasteiger partial charge in [-0.2, -0.15) is 0 Å². The number of esters is 1. The minimum absolute atomic E-state index is 0.0954. The molecule has 0 N–H and O–H groups in total. The summed E-state index contributed by atoms with van der Waals surface area (Å²) in [5.41, 5.74) is -0.432. The highest BCUT2D eigenvalue weighted by Gasteiger charge is 2.34. The molecule has 0 aromatic rings. The molecule has 15 heavy (non-hydrogen) atoms. The van der Waals surface area contributed by atoms with E-state index in [2.05, 4.69) is 0 Å². The number of rotatable bonds is 1. The second kappa shape index (κ2) is 4.33. The summed E-state index contributed by atoms with van der Waals surface area (Å²) in [7, 11) is 0. The van der Waals surface area contributed by atoms with E-state index in [1.54, 1.807) is 0 Å². The first-order valence-electron chi connectivity index (χ1n) is 5.54. The third-order valence-electron chi connectivity index (χ3n) is 2.68. The molecule has 0 unspecified atom stereocenters. The van der Waals surface area contributed by atoms with Crippen LogP contribution in [0.3, 0.4) is 0 Å². The zero-order chi connectivity index (χ0) is 11.6. The number of carbonyl (C=O) groups excluding carboxylic acids is 2. The SMILES string of the molecule is C[C@H]1CC(=O)CC[C@H]1C(=O)OC(C)(C)C. The van der Waals surface area contributed by atoms with Crippen molar-refractivity contribution < 1.29 is 14.3 Å². The summed E-state index contributed by atoms with van der Waals surface area (Å²) in [6.07, 6.45) is 1.69. The fraction of sp³-hybridized carbons (Fsp3) is 0.833. The molecule has 1 fully saturated rings. The quantitative estimate of drug-likeness (QED) is 0.626. The molecule has 0 bridgehead atoms. The molecule has 1 rings (SSSR count). The van der Waals surface area contributed by atoms with Crippen LogP contribution >= 0.6 is 0 Å². The largest absolute Gasteiger partial charge is 0.460 e. The Kier molecular flexibility index (Phi) is 3.53. The average molecular weight is 212 g/mol. The number of Topliss-reactive ketones (excluding diaryl/α,β-unsaturated/α-hetero) is 1. The maximum atomic E-state index is 11.8. The first-order valence-corrected chi connectivity index (χ1v) is 5.54. The van der Waals surface area contributed by atoms with Crippen LogP contribution in [0.2, 0.25) is 0 Å². The topological polar surface area (TPSA) is 43.4 Å². The Bertz CT molecular complexity index is 263. The molecule has 0 radical (unpaired) electrons. The molecule has 86 valence electrons. The molecular weight excluding hydrogens is 192 g/mol. The maximum Gasteiger partial charge on any atom is 0.309 e. The molecule has 3 heteroatoms. The molecule has 3 nitrogen and oxygen atoms in total. The molecule has 0 saturated heterocycles. The standard InChI is InChI=1S/C12H20O3/c1-8-7-9(13)5-6-10(8)11(14)15-12(2,3)4/h8,10H,5-7H2,1-4H3/t8-,10+/m0/s1. The Morgan fingerprint density at radius 3 is 2.47 bits per heavy atom. The summed E-state index contributed by atoms with van der Waals surface area (Å²) in [5, 5.41) is 0. The number of carbonyl (C=O) groups is 2. The lowest BCUT2D eigenvalue weighted by Gasteiger charge is -2.29. The highest BCUT2D eigenvalue weighted by atomic mass is 16.6. The van der Waals surface area contributed by atoms with Gasteiger partial charge in [-0.1, -0.05) is 6.92 Å². The van der Waals surface area contributed by atoms with Crippen LogP contribution in [0.25, 0.3) is 0 Å². The Balaban J connectivity index is 2.56. The van der Waals surface area contributed by atoms with Gasteiger partial charge in [-0.15, -0.1) is 0 Å².